The number of β-amino-alcohol motifs (C(OH)–C–C–N with tert-alkyl or cyclic N) is 1. The van der Waals surface area contributed by atoms with Gasteiger partial charge in [-0.1, -0.05) is 30.3 Å². The Morgan fingerprint density at radius 3 is 2.89 bits per heavy atom. The fraction of sp³-hybridized carbons (Fsp3) is 0.500. The first-order valence-electron chi connectivity index (χ1n) is 6.33. The lowest BCUT2D eigenvalue weighted by atomic mass is 10.1. The second-order valence-electron chi connectivity index (χ2n) is 4.61. The number of likely N-dealkylation sites (tertiary alicyclic amines) is 1. The maximum atomic E-state index is 11.8. The van der Waals surface area contributed by atoms with Crippen molar-refractivity contribution in [3.8, 4) is 0 Å². The highest BCUT2D eigenvalue weighted by molar-refractivity contribution is 5.77. The summed E-state index contributed by atoms with van der Waals surface area (Å²) in [5.74, 6) is -0.0373. The fourth-order valence-corrected chi connectivity index (χ4v) is 2.10. The van der Waals surface area contributed by atoms with Gasteiger partial charge in [0.1, 0.15) is 6.61 Å². The number of aliphatic hydroxyl groups excluding tert-OH is 1. The van der Waals surface area contributed by atoms with Crippen molar-refractivity contribution in [1.29, 1.82) is 0 Å². The van der Waals surface area contributed by atoms with E-state index < -0.39 is 0 Å². The Hall–Kier alpha value is -1.39. The molecule has 1 atom stereocenters. The quantitative estimate of drug-likeness (QED) is 0.872. The minimum absolute atomic E-state index is 0.0373. The van der Waals surface area contributed by atoms with Gasteiger partial charge < -0.3 is 14.7 Å². The summed E-state index contributed by atoms with van der Waals surface area (Å²) in [6, 6.07) is 9.77. The van der Waals surface area contributed by atoms with E-state index in [4.69, 9.17) is 4.74 Å². The van der Waals surface area contributed by atoms with E-state index >= 15 is 0 Å². The third-order valence-electron chi connectivity index (χ3n) is 3.09. The summed E-state index contributed by atoms with van der Waals surface area (Å²) in [5, 5.41) is 9.50. The standard InChI is InChI=1S/C14H19NO3/c16-13-7-4-8-15(9-13)14(17)11-18-10-12-5-2-1-3-6-12/h1-3,5-6,13,16H,4,7-11H2/t13-/m0/s1. The lowest BCUT2D eigenvalue weighted by Crippen LogP contribution is -2.43. The van der Waals surface area contributed by atoms with Gasteiger partial charge in [-0.15, -0.1) is 0 Å². The molecule has 1 amide bonds. The number of carbonyl (C=O) groups is 1. The maximum Gasteiger partial charge on any atom is 0.248 e. The average molecular weight is 249 g/mol. The zero-order valence-electron chi connectivity index (χ0n) is 10.4. The number of amides is 1. The first-order valence-corrected chi connectivity index (χ1v) is 6.33. The van der Waals surface area contributed by atoms with E-state index in [0.717, 1.165) is 24.9 Å². The van der Waals surface area contributed by atoms with E-state index in [1.807, 2.05) is 30.3 Å². The topological polar surface area (TPSA) is 49.8 Å². The van der Waals surface area contributed by atoms with E-state index in [-0.39, 0.29) is 18.6 Å². The molecule has 0 unspecified atom stereocenters. The zero-order chi connectivity index (χ0) is 12.8. The average Bonchev–Trinajstić information content (AvgIpc) is 2.40. The summed E-state index contributed by atoms with van der Waals surface area (Å²) in [6.45, 7) is 1.70. The molecule has 0 spiro atoms. The van der Waals surface area contributed by atoms with Crippen molar-refractivity contribution in [3.05, 3.63) is 35.9 Å². The van der Waals surface area contributed by atoms with Crippen molar-refractivity contribution in [2.24, 2.45) is 0 Å². The first kappa shape index (κ1) is 13.1. The molecule has 1 aromatic rings. The van der Waals surface area contributed by atoms with Crippen LogP contribution in [0.3, 0.4) is 0 Å². The Bertz CT molecular complexity index is 380. The molecule has 0 bridgehead atoms. The number of carbonyl (C=O) groups excluding carboxylic acids is 1. The molecule has 4 heteroatoms. The van der Waals surface area contributed by atoms with Crippen molar-refractivity contribution in [2.45, 2.75) is 25.6 Å². The molecule has 1 aliphatic rings. The van der Waals surface area contributed by atoms with Crippen LogP contribution >= 0.6 is 0 Å². The highest BCUT2D eigenvalue weighted by atomic mass is 16.5. The summed E-state index contributed by atoms with van der Waals surface area (Å²) in [6.07, 6.45) is 1.28. The molecule has 1 fully saturated rings. The van der Waals surface area contributed by atoms with Crippen molar-refractivity contribution >= 4 is 5.91 Å². The summed E-state index contributed by atoms with van der Waals surface area (Å²) >= 11 is 0. The molecule has 0 saturated carbocycles. The number of hydrogen-bond acceptors (Lipinski definition) is 3. The summed E-state index contributed by atoms with van der Waals surface area (Å²) in [5.41, 5.74) is 1.06. The Kier molecular flexibility index (Phi) is 4.73. The van der Waals surface area contributed by atoms with Gasteiger partial charge in [-0.2, -0.15) is 0 Å². The van der Waals surface area contributed by atoms with E-state index in [9.17, 15) is 9.90 Å². The third kappa shape index (κ3) is 3.82. The molecule has 2 rings (SSSR count). The lowest BCUT2D eigenvalue weighted by molar-refractivity contribution is -0.139. The van der Waals surface area contributed by atoms with Crippen LogP contribution in [0.2, 0.25) is 0 Å². The molecule has 18 heavy (non-hydrogen) atoms. The molecule has 1 aromatic carbocycles. The van der Waals surface area contributed by atoms with Crippen LogP contribution in [0.4, 0.5) is 0 Å². The van der Waals surface area contributed by atoms with Gasteiger partial charge in [-0.05, 0) is 18.4 Å². The highest BCUT2D eigenvalue weighted by Gasteiger charge is 2.21. The summed E-state index contributed by atoms with van der Waals surface area (Å²) < 4.78 is 5.40. The predicted molar refractivity (Wildman–Crippen MR) is 67.9 cm³/mol. The van der Waals surface area contributed by atoms with Crippen LogP contribution in [0.25, 0.3) is 0 Å². The van der Waals surface area contributed by atoms with E-state index in [1.54, 1.807) is 4.90 Å². The molecule has 0 aromatic heterocycles. The number of piperidine rings is 1. The van der Waals surface area contributed by atoms with Gasteiger partial charge >= 0.3 is 0 Å². The van der Waals surface area contributed by atoms with Gasteiger partial charge in [0, 0.05) is 13.1 Å². The SMILES string of the molecule is O=C(COCc1ccccc1)N1CCC[C@H](O)C1. The van der Waals surface area contributed by atoms with E-state index in [2.05, 4.69) is 0 Å². The monoisotopic (exact) mass is 249 g/mol. The van der Waals surface area contributed by atoms with Crippen molar-refractivity contribution in [3.63, 3.8) is 0 Å². The first-order chi connectivity index (χ1) is 8.75. The fourth-order valence-electron chi connectivity index (χ4n) is 2.10. The Morgan fingerprint density at radius 2 is 2.17 bits per heavy atom. The minimum Gasteiger partial charge on any atom is -0.391 e. The zero-order valence-corrected chi connectivity index (χ0v) is 10.4. The van der Waals surface area contributed by atoms with E-state index in [0.29, 0.717) is 13.2 Å². The van der Waals surface area contributed by atoms with Crippen LogP contribution in [-0.2, 0) is 16.1 Å². The Balaban J connectivity index is 1.71. The summed E-state index contributed by atoms with van der Waals surface area (Å²) in [7, 11) is 0. The molecule has 0 radical (unpaired) electrons. The van der Waals surface area contributed by atoms with Crippen LogP contribution in [-0.4, -0.2) is 41.7 Å². The lowest BCUT2D eigenvalue weighted by Gasteiger charge is -2.30. The van der Waals surface area contributed by atoms with Crippen molar-refractivity contribution < 1.29 is 14.6 Å². The van der Waals surface area contributed by atoms with Crippen molar-refractivity contribution in [2.75, 3.05) is 19.7 Å². The number of hydrogen-bond donors (Lipinski definition) is 1. The number of benzene rings is 1. The van der Waals surface area contributed by atoms with Gasteiger partial charge in [0.05, 0.1) is 12.7 Å². The predicted octanol–water partition coefficient (Wildman–Crippen LogP) is 1.19. The van der Waals surface area contributed by atoms with Gasteiger partial charge in [0.2, 0.25) is 5.91 Å². The smallest absolute Gasteiger partial charge is 0.248 e. The number of ether oxygens (including phenoxy) is 1. The second kappa shape index (κ2) is 6.52. The highest BCUT2D eigenvalue weighted by Crippen LogP contribution is 2.10. The maximum absolute atomic E-state index is 11.8. The molecular weight excluding hydrogens is 230 g/mol. The van der Waals surface area contributed by atoms with Gasteiger partial charge in [-0.25, -0.2) is 0 Å². The van der Waals surface area contributed by atoms with Crippen LogP contribution < -0.4 is 0 Å². The minimum atomic E-state index is -0.378. The largest absolute Gasteiger partial charge is 0.391 e. The molecule has 0 aliphatic carbocycles. The number of aliphatic hydroxyl groups is 1. The van der Waals surface area contributed by atoms with Crippen molar-refractivity contribution in [1.82, 2.24) is 4.90 Å². The number of nitrogens with zero attached hydrogens (tertiary/aromatic N) is 1. The molecule has 98 valence electrons. The van der Waals surface area contributed by atoms with Crippen LogP contribution in [0, 0.1) is 0 Å². The van der Waals surface area contributed by atoms with Crippen LogP contribution in [0.5, 0.6) is 0 Å². The van der Waals surface area contributed by atoms with Gasteiger partial charge in [0.25, 0.3) is 0 Å². The Labute approximate surface area is 107 Å². The molecule has 1 aliphatic heterocycles. The Morgan fingerprint density at radius 1 is 1.39 bits per heavy atom. The molecule has 1 N–H and O–H groups in total. The number of rotatable bonds is 4. The normalized spacial score (nSPS) is 19.8. The van der Waals surface area contributed by atoms with Crippen LogP contribution in [0.15, 0.2) is 30.3 Å². The molecule has 4 nitrogen and oxygen atoms in total. The molecule has 1 heterocycles. The molecule has 1 saturated heterocycles. The van der Waals surface area contributed by atoms with Gasteiger partial charge in [-0.3, -0.25) is 4.79 Å². The third-order valence-corrected chi connectivity index (χ3v) is 3.09. The molecular formula is C14H19NO3. The summed E-state index contributed by atoms with van der Waals surface area (Å²) in [4.78, 5) is 13.5. The van der Waals surface area contributed by atoms with Gasteiger partial charge in [0.15, 0.2) is 0 Å². The second-order valence-corrected chi connectivity index (χ2v) is 4.61. The van der Waals surface area contributed by atoms with E-state index in [1.165, 1.54) is 0 Å². The van der Waals surface area contributed by atoms with Crippen LogP contribution in [0.1, 0.15) is 18.4 Å².